The summed E-state index contributed by atoms with van der Waals surface area (Å²) in [6.45, 7) is 0. The van der Waals surface area contributed by atoms with Crippen LogP contribution in [0.15, 0.2) is 143 Å². The van der Waals surface area contributed by atoms with Crippen LogP contribution < -0.4 is 0 Å². The standard InChI is InChI=1S/C36H24N4S/c37-34(29-17-19-31-28(22-29)18-20-32-33(31)41-36(39-32)26-12-5-2-6-13-26)40-35(38-23-24-9-3-1-4-10-24)30-16-15-25-11-7-8-14-27(25)21-30/h1-23,37H. The summed E-state index contributed by atoms with van der Waals surface area (Å²) in [4.78, 5) is 14.4. The van der Waals surface area contributed by atoms with Gasteiger partial charge in [-0.3, -0.25) is 5.41 Å². The first-order valence-corrected chi connectivity index (χ1v) is 14.2. The SMILES string of the molecule is N=C(N=C(N=Cc1ccccc1)c1ccc2ccccc2c1)c1ccc2c(ccc3nc(-c4ccccc4)sc32)c1. The highest BCUT2D eigenvalue weighted by atomic mass is 32.1. The minimum absolute atomic E-state index is 0.162. The molecule has 0 saturated heterocycles. The average molecular weight is 545 g/mol. The van der Waals surface area contributed by atoms with Crippen molar-refractivity contribution in [2.24, 2.45) is 9.98 Å². The maximum absolute atomic E-state index is 8.94. The van der Waals surface area contributed by atoms with Gasteiger partial charge in [0.05, 0.1) is 10.2 Å². The van der Waals surface area contributed by atoms with Crippen LogP contribution in [-0.4, -0.2) is 22.9 Å². The molecule has 41 heavy (non-hydrogen) atoms. The van der Waals surface area contributed by atoms with Gasteiger partial charge in [-0.2, -0.15) is 0 Å². The van der Waals surface area contributed by atoms with Crippen LogP contribution in [0.5, 0.6) is 0 Å². The number of nitrogens with one attached hydrogen (secondary N) is 1. The zero-order chi connectivity index (χ0) is 27.6. The summed E-state index contributed by atoms with van der Waals surface area (Å²) in [5.41, 5.74) is 4.67. The van der Waals surface area contributed by atoms with Crippen LogP contribution in [0.3, 0.4) is 0 Å². The van der Waals surface area contributed by atoms with E-state index in [-0.39, 0.29) is 5.84 Å². The fourth-order valence-corrected chi connectivity index (χ4v) is 6.01. The Balaban J connectivity index is 1.27. The Bertz CT molecular complexity index is 2110. The number of aliphatic imine (C=N–C) groups is 2. The van der Waals surface area contributed by atoms with Gasteiger partial charge in [-0.25, -0.2) is 15.0 Å². The van der Waals surface area contributed by atoms with E-state index in [2.05, 4.69) is 54.6 Å². The molecule has 0 bridgehead atoms. The molecule has 1 aromatic heterocycles. The molecule has 7 rings (SSSR count). The highest BCUT2D eigenvalue weighted by Crippen LogP contribution is 2.35. The lowest BCUT2D eigenvalue weighted by Crippen LogP contribution is -2.05. The first-order chi connectivity index (χ1) is 20.2. The minimum Gasteiger partial charge on any atom is -0.282 e. The molecular weight excluding hydrogens is 520 g/mol. The molecular formula is C36H24N4S. The van der Waals surface area contributed by atoms with E-state index >= 15 is 0 Å². The number of aromatic nitrogens is 1. The van der Waals surface area contributed by atoms with Crippen molar-refractivity contribution in [3.8, 4) is 10.6 Å². The maximum atomic E-state index is 8.94. The van der Waals surface area contributed by atoms with Crippen molar-refractivity contribution in [3.05, 3.63) is 150 Å². The topological polar surface area (TPSA) is 61.5 Å². The van der Waals surface area contributed by atoms with Crippen LogP contribution in [-0.2, 0) is 0 Å². The van der Waals surface area contributed by atoms with Crippen LogP contribution in [0, 0.1) is 5.41 Å². The fourth-order valence-electron chi connectivity index (χ4n) is 4.91. The molecule has 4 nitrogen and oxygen atoms in total. The zero-order valence-electron chi connectivity index (χ0n) is 22.0. The van der Waals surface area contributed by atoms with Crippen LogP contribution in [0.4, 0.5) is 0 Å². The number of thiazole rings is 1. The number of amidine groups is 2. The van der Waals surface area contributed by atoms with Gasteiger partial charge < -0.3 is 0 Å². The van der Waals surface area contributed by atoms with E-state index in [1.807, 2.05) is 78.9 Å². The number of fused-ring (bicyclic) bond motifs is 4. The predicted octanol–water partition coefficient (Wildman–Crippen LogP) is 9.16. The zero-order valence-corrected chi connectivity index (χ0v) is 22.8. The summed E-state index contributed by atoms with van der Waals surface area (Å²) < 4.78 is 1.15. The largest absolute Gasteiger partial charge is 0.282 e. The summed E-state index contributed by atoms with van der Waals surface area (Å²) in [6, 6.07) is 44.8. The van der Waals surface area contributed by atoms with Gasteiger partial charge in [0, 0.05) is 28.3 Å². The van der Waals surface area contributed by atoms with Gasteiger partial charge in [0.15, 0.2) is 11.7 Å². The monoisotopic (exact) mass is 544 g/mol. The van der Waals surface area contributed by atoms with Gasteiger partial charge in [-0.05, 0) is 39.9 Å². The number of hydrogen-bond acceptors (Lipinski definition) is 3. The predicted molar refractivity (Wildman–Crippen MR) is 174 cm³/mol. The molecule has 0 aliphatic heterocycles. The van der Waals surface area contributed by atoms with E-state index in [0.717, 1.165) is 59.0 Å². The van der Waals surface area contributed by atoms with Gasteiger partial charge in [0.2, 0.25) is 0 Å². The van der Waals surface area contributed by atoms with Gasteiger partial charge in [0.25, 0.3) is 0 Å². The second-order valence-electron chi connectivity index (χ2n) is 9.75. The van der Waals surface area contributed by atoms with Crippen LogP contribution in [0.25, 0.3) is 42.3 Å². The number of rotatable bonds is 4. The van der Waals surface area contributed by atoms with E-state index in [9.17, 15) is 0 Å². The Morgan fingerprint density at radius 3 is 2.17 bits per heavy atom. The summed E-state index contributed by atoms with van der Waals surface area (Å²) in [6.07, 6.45) is 1.80. The van der Waals surface area contributed by atoms with E-state index in [1.165, 1.54) is 0 Å². The van der Waals surface area contributed by atoms with E-state index in [4.69, 9.17) is 20.4 Å². The molecule has 0 unspecified atom stereocenters. The number of benzene rings is 6. The Morgan fingerprint density at radius 2 is 1.34 bits per heavy atom. The third kappa shape index (κ3) is 5.07. The molecule has 0 radical (unpaired) electrons. The second kappa shape index (κ2) is 10.7. The fraction of sp³-hybridized carbons (Fsp3) is 0. The van der Waals surface area contributed by atoms with Crippen molar-refractivity contribution >= 4 is 61.0 Å². The maximum Gasteiger partial charge on any atom is 0.161 e. The van der Waals surface area contributed by atoms with E-state index in [1.54, 1.807) is 17.6 Å². The lowest BCUT2D eigenvalue weighted by atomic mass is 10.1. The molecule has 5 heteroatoms. The molecule has 0 amide bonds. The molecule has 1 heterocycles. The molecule has 0 aliphatic rings. The lowest BCUT2D eigenvalue weighted by molar-refractivity contribution is 1.40. The molecule has 1 N–H and O–H groups in total. The smallest absolute Gasteiger partial charge is 0.161 e. The Hall–Kier alpha value is -5.26. The highest BCUT2D eigenvalue weighted by Gasteiger charge is 2.12. The third-order valence-electron chi connectivity index (χ3n) is 7.03. The van der Waals surface area contributed by atoms with Crippen LogP contribution in [0.1, 0.15) is 16.7 Å². The second-order valence-corrected chi connectivity index (χ2v) is 10.7. The summed E-state index contributed by atoms with van der Waals surface area (Å²) in [5, 5.41) is 14.4. The van der Waals surface area contributed by atoms with Crippen molar-refractivity contribution in [2.75, 3.05) is 0 Å². The van der Waals surface area contributed by atoms with Crippen molar-refractivity contribution in [2.45, 2.75) is 0 Å². The Labute approximate surface area is 241 Å². The molecule has 7 aromatic rings. The number of hydrogen-bond donors (Lipinski definition) is 1. The van der Waals surface area contributed by atoms with Crippen LogP contribution in [0.2, 0.25) is 0 Å². The van der Waals surface area contributed by atoms with Gasteiger partial charge in [-0.15, -0.1) is 11.3 Å². The van der Waals surface area contributed by atoms with Crippen molar-refractivity contribution in [3.63, 3.8) is 0 Å². The highest BCUT2D eigenvalue weighted by molar-refractivity contribution is 7.22. The van der Waals surface area contributed by atoms with Crippen molar-refractivity contribution in [1.29, 1.82) is 5.41 Å². The molecule has 0 atom stereocenters. The first kappa shape index (κ1) is 24.8. The summed E-state index contributed by atoms with van der Waals surface area (Å²) in [5.74, 6) is 0.657. The quantitative estimate of drug-likeness (QED) is 0.174. The van der Waals surface area contributed by atoms with Gasteiger partial charge in [-0.1, -0.05) is 115 Å². The lowest BCUT2D eigenvalue weighted by Gasteiger charge is -2.07. The Kier molecular flexibility index (Phi) is 6.47. The molecule has 0 aliphatic carbocycles. The molecule has 0 spiro atoms. The average Bonchev–Trinajstić information content (AvgIpc) is 3.48. The molecule has 0 fully saturated rings. The van der Waals surface area contributed by atoms with Gasteiger partial charge >= 0.3 is 0 Å². The summed E-state index contributed by atoms with van der Waals surface area (Å²) >= 11 is 1.70. The number of nitrogens with zero attached hydrogens (tertiary/aromatic N) is 3. The van der Waals surface area contributed by atoms with Gasteiger partial charge in [0.1, 0.15) is 5.01 Å². The molecule has 0 saturated carbocycles. The summed E-state index contributed by atoms with van der Waals surface area (Å²) in [7, 11) is 0. The van der Waals surface area contributed by atoms with E-state index < -0.39 is 0 Å². The first-order valence-electron chi connectivity index (χ1n) is 13.4. The van der Waals surface area contributed by atoms with E-state index in [0.29, 0.717) is 5.84 Å². The third-order valence-corrected chi connectivity index (χ3v) is 8.18. The minimum atomic E-state index is 0.162. The molecule has 194 valence electrons. The van der Waals surface area contributed by atoms with Crippen molar-refractivity contribution in [1.82, 2.24) is 4.98 Å². The van der Waals surface area contributed by atoms with Crippen LogP contribution >= 0.6 is 11.3 Å². The van der Waals surface area contributed by atoms with Crippen molar-refractivity contribution < 1.29 is 0 Å². The normalized spacial score (nSPS) is 12.0. The Morgan fingerprint density at radius 1 is 0.659 bits per heavy atom. The molecule has 6 aromatic carbocycles.